The van der Waals surface area contributed by atoms with Crippen molar-refractivity contribution in [2.24, 2.45) is 0 Å². The predicted molar refractivity (Wildman–Crippen MR) is 39.1 cm³/mol. The summed E-state index contributed by atoms with van der Waals surface area (Å²) in [5.41, 5.74) is 0. The molecule has 2 atom stereocenters. The number of ether oxygens (including phenoxy) is 1. The van der Waals surface area contributed by atoms with Crippen LogP contribution in [-0.4, -0.2) is 48.8 Å². The van der Waals surface area contributed by atoms with Gasteiger partial charge in [-0.2, -0.15) is 0 Å². The lowest BCUT2D eigenvalue weighted by Crippen LogP contribution is -2.40. The molecule has 0 radical (unpaired) electrons. The normalized spacial score (nSPS) is 32.3. The fourth-order valence-corrected chi connectivity index (χ4v) is 1.38. The van der Waals surface area contributed by atoms with Crippen LogP contribution in [0.3, 0.4) is 0 Å². The summed E-state index contributed by atoms with van der Waals surface area (Å²) >= 11 is 0. The van der Waals surface area contributed by atoms with Crippen molar-refractivity contribution in [3.8, 4) is 0 Å². The molecule has 0 aliphatic carbocycles. The van der Waals surface area contributed by atoms with Crippen LogP contribution in [0.2, 0.25) is 0 Å². The lowest BCUT2D eigenvalue weighted by Gasteiger charge is -2.18. The van der Waals surface area contributed by atoms with Crippen molar-refractivity contribution in [3.63, 3.8) is 0 Å². The van der Waals surface area contributed by atoms with Crippen molar-refractivity contribution in [1.29, 1.82) is 0 Å². The molecule has 1 aliphatic heterocycles. The van der Waals surface area contributed by atoms with Crippen LogP contribution < -0.4 is 0 Å². The summed E-state index contributed by atoms with van der Waals surface area (Å²) in [5, 5.41) is 9.32. The highest BCUT2D eigenvalue weighted by Crippen LogP contribution is 2.16. The number of hydrogen-bond acceptors (Lipinski definition) is 4. The van der Waals surface area contributed by atoms with Crippen LogP contribution in [-0.2, 0) is 9.53 Å². The molecule has 2 unspecified atom stereocenters. The SMILES string of the molecule is COC(=O)C1C(O)CCN1C. The van der Waals surface area contributed by atoms with Gasteiger partial charge in [0.15, 0.2) is 0 Å². The number of aliphatic hydroxyl groups excluding tert-OH is 1. The summed E-state index contributed by atoms with van der Waals surface area (Å²) in [6.07, 6.45) is 0.0865. The number of nitrogens with zero attached hydrogens (tertiary/aromatic N) is 1. The molecule has 64 valence electrons. The topological polar surface area (TPSA) is 49.8 Å². The van der Waals surface area contributed by atoms with Crippen LogP contribution in [0.15, 0.2) is 0 Å². The summed E-state index contributed by atoms with van der Waals surface area (Å²) in [6, 6.07) is -0.458. The van der Waals surface area contributed by atoms with Crippen molar-refractivity contribution in [1.82, 2.24) is 4.90 Å². The molecule has 0 bridgehead atoms. The van der Waals surface area contributed by atoms with Gasteiger partial charge in [-0.15, -0.1) is 0 Å². The summed E-state index contributed by atoms with van der Waals surface area (Å²) in [6.45, 7) is 0.751. The minimum atomic E-state index is -0.563. The summed E-state index contributed by atoms with van der Waals surface area (Å²) < 4.78 is 4.53. The van der Waals surface area contributed by atoms with Gasteiger partial charge in [-0.3, -0.25) is 9.69 Å². The number of likely N-dealkylation sites (tertiary alicyclic amines) is 1. The lowest BCUT2D eigenvalue weighted by atomic mass is 10.2. The highest BCUT2D eigenvalue weighted by Gasteiger charge is 2.36. The first-order chi connectivity index (χ1) is 5.16. The van der Waals surface area contributed by atoms with Crippen LogP contribution in [0.5, 0.6) is 0 Å². The highest BCUT2D eigenvalue weighted by molar-refractivity contribution is 5.76. The van der Waals surface area contributed by atoms with Gasteiger partial charge in [-0.05, 0) is 13.5 Å². The van der Waals surface area contributed by atoms with Crippen molar-refractivity contribution < 1.29 is 14.6 Å². The number of methoxy groups -OCH3 is 1. The lowest BCUT2D eigenvalue weighted by molar-refractivity contribution is -0.148. The number of likely N-dealkylation sites (N-methyl/N-ethyl adjacent to an activating group) is 1. The molecule has 4 nitrogen and oxygen atoms in total. The number of rotatable bonds is 1. The third-order valence-corrected chi connectivity index (χ3v) is 2.06. The molecule has 0 amide bonds. The van der Waals surface area contributed by atoms with Crippen LogP contribution >= 0.6 is 0 Å². The molecule has 1 aliphatic rings. The Hall–Kier alpha value is -0.610. The number of esters is 1. The van der Waals surface area contributed by atoms with Gasteiger partial charge in [-0.1, -0.05) is 0 Å². The molecule has 1 rings (SSSR count). The second-order valence-electron chi connectivity index (χ2n) is 2.80. The Morgan fingerprint density at radius 3 is 2.73 bits per heavy atom. The zero-order valence-corrected chi connectivity index (χ0v) is 6.78. The van der Waals surface area contributed by atoms with Gasteiger partial charge >= 0.3 is 5.97 Å². The van der Waals surface area contributed by atoms with E-state index in [1.165, 1.54) is 7.11 Å². The van der Waals surface area contributed by atoms with E-state index in [1.807, 2.05) is 0 Å². The molecule has 4 heteroatoms. The molecule has 0 aromatic carbocycles. The summed E-state index contributed by atoms with van der Waals surface area (Å²) in [4.78, 5) is 12.8. The first kappa shape index (κ1) is 8.49. The van der Waals surface area contributed by atoms with E-state index in [0.717, 1.165) is 6.54 Å². The standard InChI is InChI=1S/C7H13NO3/c1-8-4-3-5(9)6(8)7(10)11-2/h5-6,9H,3-4H2,1-2H3. The third kappa shape index (κ3) is 1.52. The van der Waals surface area contributed by atoms with E-state index in [2.05, 4.69) is 4.74 Å². The molecule has 11 heavy (non-hydrogen) atoms. The van der Waals surface area contributed by atoms with E-state index in [4.69, 9.17) is 0 Å². The minimum absolute atomic E-state index is 0.350. The second-order valence-corrected chi connectivity index (χ2v) is 2.80. The van der Waals surface area contributed by atoms with Crippen molar-refractivity contribution in [3.05, 3.63) is 0 Å². The van der Waals surface area contributed by atoms with Gasteiger partial charge in [-0.25, -0.2) is 0 Å². The molecule has 1 N–H and O–H groups in total. The monoisotopic (exact) mass is 159 g/mol. The minimum Gasteiger partial charge on any atom is -0.468 e. The average molecular weight is 159 g/mol. The van der Waals surface area contributed by atoms with Crippen LogP contribution in [0.4, 0.5) is 0 Å². The molecule has 0 aromatic rings. The first-order valence-corrected chi connectivity index (χ1v) is 3.63. The molecular formula is C7H13NO3. The van der Waals surface area contributed by atoms with Crippen molar-refractivity contribution in [2.45, 2.75) is 18.6 Å². The Balaban J connectivity index is 2.60. The first-order valence-electron chi connectivity index (χ1n) is 3.63. The molecule has 0 aromatic heterocycles. The van der Waals surface area contributed by atoms with Gasteiger partial charge in [0, 0.05) is 6.54 Å². The van der Waals surface area contributed by atoms with Crippen LogP contribution in [0.1, 0.15) is 6.42 Å². The van der Waals surface area contributed by atoms with E-state index in [-0.39, 0.29) is 5.97 Å². The Morgan fingerprint density at radius 1 is 1.73 bits per heavy atom. The van der Waals surface area contributed by atoms with Crippen LogP contribution in [0.25, 0.3) is 0 Å². The highest BCUT2D eigenvalue weighted by atomic mass is 16.5. The van der Waals surface area contributed by atoms with Gasteiger partial charge in [0.2, 0.25) is 0 Å². The van der Waals surface area contributed by atoms with Gasteiger partial charge in [0.1, 0.15) is 6.04 Å². The van der Waals surface area contributed by atoms with E-state index in [1.54, 1.807) is 11.9 Å². The van der Waals surface area contributed by atoms with E-state index >= 15 is 0 Å². The third-order valence-electron chi connectivity index (χ3n) is 2.06. The zero-order valence-electron chi connectivity index (χ0n) is 6.78. The largest absolute Gasteiger partial charge is 0.468 e. The van der Waals surface area contributed by atoms with Gasteiger partial charge < -0.3 is 9.84 Å². The Morgan fingerprint density at radius 2 is 2.36 bits per heavy atom. The van der Waals surface area contributed by atoms with Gasteiger partial charge in [0.25, 0.3) is 0 Å². The number of carbonyl (C=O) groups is 1. The Bertz CT molecular complexity index is 150. The maximum absolute atomic E-state index is 11.0. The number of aliphatic hydroxyl groups is 1. The summed E-state index contributed by atoms with van der Waals surface area (Å²) in [5.74, 6) is -0.350. The van der Waals surface area contributed by atoms with Crippen molar-refractivity contribution >= 4 is 5.97 Å². The fourth-order valence-electron chi connectivity index (χ4n) is 1.38. The summed E-state index contributed by atoms with van der Waals surface area (Å²) in [7, 11) is 3.14. The molecule has 1 saturated heterocycles. The zero-order chi connectivity index (χ0) is 8.43. The van der Waals surface area contributed by atoms with E-state index in [9.17, 15) is 9.90 Å². The maximum Gasteiger partial charge on any atom is 0.325 e. The van der Waals surface area contributed by atoms with Crippen LogP contribution in [0, 0.1) is 0 Å². The molecule has 1 heterocycles. The second kappa shape index (κ2) is 3.19. The van der Waals surface area contributed by atoms with Crippen molar-refractivity contribution in [2.75, 3.05) is 20.7 Å². The average Bonchev–Trinajstić information content (AvgIpc) is 2.30. The number of carbonyl (C=O) groups excluding carboxylic acids is 1. The molecule has 0 spiro atoms. The smallest absolute Gasteiger partial charge is 0.325 e. The molecule has 0 saturated carbocycles. The Kier molecular flexibility index (Phi) is 2.46. The molecular weight excluding hydrogens is 146 g/mol. The van der Waals surface area contributed by atoms with E-state index in [0.29, 0.717) is 6.42 Å². The molecule has 1 fully saturated rings. The fraction of sp³-hybridized carbons (Fsp3) is 0.857. The van der Waals surface area contributed by atoms with Gasteiger partial charge in [0.05, 0.1) is 13.2 Å². The quantitative estimate of drug-likeness (QED) is 0.510. The maximum atomic E-state index is 11.0. The predicted octanol–water partition coefficient (Wildman–Crippen LogP) is -0.776. The van der Waals surface area contributed by atoms with E-state index < -0.39 is 12.1 Å². The Labute approximate surface area is 65.8 Å². The number of hydrogen-bond donors (Lipinski definition) is 1.